The van der Waals surface area contributed by atoms with E-state index in [1.807, 2.05) is 63.2 Å². The second-order valence-corrected chi connectivity index (χ2v) is 9.50. The lowest BCUT2D eigenvalue weighted by Crippen LogP contribution is -2.45. The third-order valence-corrected chi connectivity index (χ3v) is 7.02. The number of benzene rings is 2. The van der Waals surface area contributed by atoms with E-state index in [0.717, 1.165) is 29.0 Å². The summed E-state index contributed by atoms with van der Waals surface area (Å²) in [5, 5.41) is 10.7. The van der Waals surface area contributed by atoms with Crippen LogP contribution in [0.1, 0.15) is 51.2 Å². The van der Waals surface area contributed by atoms with Gasteiger partial charge in [0, 0.05) is 23.8 Å². The second kappa shape index (κ2) is 10.6. The van der Waals surface area contributed by atoms with Crippen LogP contribution in [0.3, 0.4) is 0 Å². The fourth-order valence-electron chi connectivity index (χ4n) is 5.22. The van der Waals surface area contributed by atoms with Gasteiger partial charge < -0.3 is 9.47 Å². The number of carbonyl (C=O) groups excluding carboxylic acids is 2. The molecule has 5 rings (SSSR count). The Morgan fingerprint density at radius 1 is 0.892 bits per heavy atom. The van der Waals surface area contributed by atoms with E-state index < -0.39 is 0 Å². The molecule has 2 aliphatic heterocycles. The van der Waals surface area contributed by atoms with Gasteiger partial charge in [0.25, 0.3) is 5.91 Å². The minimum atomic E-state index is -0.183. The number of fused-ring (bicyclic) bond motifs is 1. The van der Waals surface area contributed by atoms with Gasteiger partial charge in [-0.25, -0.2) is 10.4 Å². The number of hydrazone groups is 2. The average Bonchev–Trinajstić information content (AvgIpc) is 2.91. The Balaban J connectivity index is 1.51. The lowest BCUT2D eigenvalue weighted by molar-refractivity contribution is -0.124. The molecule has 1 aliphatic carbocycles. The molecule has 0 radical (unpaired) electrons. The van der Waals surface area contributed by atoms with Crippen molar-refractivity contribution < 1.29 is 19.1 Å². The zero-order valence-corrected chi connectivity index (χ0v) is 21.4. The van der Waals surface area contributed by atoms with Crippen LogP contribution in [0, 0.1) is 17.8 Å². The largest absolute Gasteiger partial charge is 0.490 e. The van der Waals surface area contributed by atoms with Gasteiger partial charge in [0.2, 0.25) is 5.91 Å². The first-order valence-corrected chi connectivity index (χ1v) is 12.9. The fraction of sp³-hybridized carbons (Fsp3) is 0.379. The van der Waals surface area contributed by atoms with Gasteiger partial charge in [-0.3, -0.25) is 9.59 Å². The normalized spacial score (nSPS) is 23.1. The molecule has 0 saturated carbocycles. The zero-order chi connectivity index (χ0) is 25.9. The average molecular weight is 501 g/mol. The van der Waals surface area contributed by atoms with E-state index in [9.17, 15) is 9.59 Å². The predicted molar refractivity (Wildman–Crippen MR) is 143 cm³/mol. The number of allylic oxidation sites excluding steroid dienone is 2. The van der Waals surface area contributed by atoms with Crippen molar-refractivity contribution in [1.82, 2.24) is 5.43 Å². The molecule has 3 aliphatic rings. The molecule has 2 aromatic rings. The monoisotopic (exact) mass is 500 g/mol. The highest BCUT2D eigenvalue weighted by molar-refractivity contribution is 6.12. The van der Waals surface area contributed by atoms with Crippen LogP contribution in [-0.4, -0.2) is 36.5 Å². The van der Waals surface area contributed by atoms with Crippen LogP contribution in [0.2, 0.25) is 0 Å². The summed E-state index contributed by atoms with van der Waals surface area (Å²) in [6.45, 7) is 6.95. The molecule has 8 nitrogen and oxygen atoms in total. The number of nitrogens with zero attached hydrogens (tertiary/aromatic N) is 3. The number of amides is 2. The maximum absolute atomic E-state index is 13.6. The van der Waals surface area contributed by atoms with Crippen LogP contribution in [-0.2, 0) is 9.59 Å². The molecule has 8 heteroatoms. The molecule has 2 amide bonds. The van der Waals surface area contributed by atoms with Crippen molar-refractivity contribution in [2.24, 2.45) is 28.0 Å². The van der Waals surface area contributed by atoms with Gasteiger partial charge in [-0.2, -0.15) is 10.2 Å². The molecule has 0 saturated heterocycles. The van der Waals surface area contributed by atoms with Gasteiger partial charge >= 0.3 is 0 Å². The summed E-state index contributed by atoms with van der Waals surface area (Å²) < 4.78 is 11.6. The van der Waals surface area contributed by atoms with E-state index in [2.05, 4.69) is 22.7 Å². The van der Waals surface area contributed by atoms with Crippen LogP contribution >= 0.6 is 0 Å². The standard InChI is InChI=1S/C29H32N4O4/c1-4-36-24-15-12-20(17-25(24)37-5-2)28-22-8-6-7-9-23(22)29(35)33(32-28)21-13-10-19(11-14-21)27-18(3)16-26(34)30-31-27/h6-7,10-15,17-18,22-23H,4-5,8-9,16H2,1-3H3,(H,30,34). The Bertz CT molecular complexity index is 1280. The Labute approximate surface area is 217 Å². The van der Waals surface area contributed by atoms with Crippen molar-refractivity contribution in [3.63, 3.8) is 0 Å². The van der Waals surface area contributed by atoms with Crippen LogP contribution in [0.4, 0.5) is 5.69 Å². The van der Waals surface area contributed by atoms with E-state index in [1.54, 1.807) is 0 Å². The number of hydrogen-bond acceptors (Lipinski definition) is 6. The molecular formula is C29H32N4O4. The highest BCUT2D eigenvalue weighted by Crippen LogP contribution is 2.38. The van der Waals surface area contributed by atoms with Crippen molar-refractivity contribution in [2.75, 3.05) is 18.2 Å². The first kappa shape index (κ1) is 24.7. The highest BCUT2D eigenvalue weighted by atomic mass is 16.5. The summed E-state index contributed by atoms with van der Waals surface area (Å²) in [5.41, 5.74) is 6.80. The SMILES string of the molecule is CCOc1ccc(C2=NN(c3ccc(C4=NNC(=O)CC4C)cc3)C(=O)C3CC=CCC23)cc1OCC. The minimum absolute atomic E-state index is 0.00139. The quantitative estimate of drug-likeness (QED) is 0.559. The Hall–Kier alpha value is -3.94. The summed E-state index contributed by atoms with van der Waals surface area (Å²) in [6.07, 6.45) is 6.08. The molecule has 0 fully saturated rings. The first-order valence-electron chi connectivity index (χ1n) is 12.9. The summed E-state index contributed by atoms with van der Waals surface area (Å²) in [7, 11) is 0. The number of hydrogen-bond donors (Lipinski definition) is 1. The molecule has 0 bridgehead atoms. The van der Waals surface area contributed by atoms with Gasteiger partial charge in [0.15, 0.2) is 11.5 Å². The van der Waals surface area contributed by atoms with Gasteiger partial charge in [0.1, 0.15) is 0 Å². The molecule has 37 heavy (non-hydrogen) atoms. The molecular weight excluding hydrogens is 468 g/mol. The lowest BCUT2D eigenvalue weighted by atomic mass is 9.76. The fourth-order valence-corrected chi connectivity index (χ4v) is 5.22. The van der Waals surface area contributed by atoms with E-state index in [1.165, 1.54) is 5.01 Å². The Morgan fingerprint density at radius 2 is 1.57 bits per heavy atom. The second-order valence-electron chi connectivity index (χ2n) is 9.50. The topological polar surface area (TPSA) is 92.6 Å². The zero-order valence-electron chi connectivity index (χ0n) is 21.4. The van der Waals surface area contributed by atoms with Gasteiger partial charge in [0.05, 0.1) is 36.2 Å². The van der Waals surface area contributed by atoms with Crippen molar-refractivity contribution in [3.05, 3.63) is 65.7 Å². The van der Waals surface area contributed by atoms with Crippen molar-refractivity contribution in [3.8, 4) is 11.5 Å². The number of carbonyl (C=O) groups is 2. The number of rotatable bonds is 7. The van der Waals surface area contributed by atoms with Gasteiger partial charge in [-0.15, -0.1) is 0 Å². The maximum atomic E-state index is 13.6. The van der Waals surface area contributed by atoms with E-state index in [0.29, 0.717) is 43.2 Å². The summed E-state index contributed by atoms with van der Waals surface area (Å²) in [4.78, 5) is 25.2. The minimum Gasteiger partial charge on any atom is -0.490 e. The molecule has 2 heterocycles. The number of anilines is 1. The third kappa shape index (κ3) is 4.88. The van der Waals surface area contributed by atoms with Crippen LogP contribution in [0.15, 0.2) is 64.8 Å². The maximum Gasteiger partial charge on any atom is 0.251 e. The van der Waals surface area contributed by atoms with Crippen LogP contribution < -0.4 is 19.9 Å². The van der Waals surface area contributed by atoms with E-state index >= 15 is 0 Å². The third-order valence-electron chi connectivity index (χ3n) is 7.02. The summed E-state index contributed by atoms with van der Waals surface area (Å²) in [5.74, 6) is 1.14. The molecule has 0 spiro atoms. The van der Waals surface area contributed by atoms with Gasteiger partial charge in [-0.05, 0) is 62.6 Å². The summed E-state index contributed by atoms with van der Waals surface area (Å²) >= 11 is 0. The van der Waals surface area contributed by atoms with Crippen molar-refractivity contribution in [2.45, 2.75) is 40.0 Å². The highest BCUT2D eigenvalue weighted by Gasteiger charge is 2.40. The van der Waals surface area contributed by atoms with Crippen molar-refractivity contribution in [1.29, 1.82) is 0 Å². The molecule has 3 atom stereocenters. The molecule has 192 valence electrons. The molecule has 0 aromatic heterocycles. The van der Waals surface area contributed by atoms with Gasteiger partial charge in [-0.1, -0.05) is 31.2 Å². The first-order chi connectivity index (χ1) is 18.0. The molecule has 1 N–H and O–H groups in total. The number of nitrogens with one attached hydrogen (secondary N) is 1. The van der Waals surface area contributed by atoms with Crippen molar-refractivity contribution >= 4 is 28.9 Å². The number of ether oxygens (including phenoxy) is 2. The smallest absolute Gasteiger partial charge is 0.251 e. The molecule has 3 unspecified atom stereocenters. The van der Waals surface area contributed by atoms with E-state index in [4.69, 9.17) is 14.6 Å². The molecule has 2 aromatic carbocycles. The summed E-state index contributed by atoms with van der Waals surface area (Å²) in [6, 6.07) is 13.5. The van der Waals surface area contributed by atoms with E-state index in [-0.39, 0.29) is 29.6 Å². The Morgan fingerprint density at radius 3 is 2.27 bits per heavy atom. The lowest BCUT2D eigenvalue weighted by Gasteiger charge is -2.37. The Kier molecular flexibility index (Phi) is 7.08. The predicted octanol–water partition coefficient (Wildman–Crippen LogP) is 4.68. The van der Waals surface area contributed by atoms with Crippen LogP contribution in [0.5, 0.6) is 11.5 Å². The van der Waals surface area contributed by atoms with Crippen LogP contribution in [0.25, 0.3) is 0 Å².